The molecule has 2 atom stereocenters. The van der Waals surface area contributed by atoms with Crippen LogP contribution >= 0.6 is 7.92 Å². The van der Waals surface area contributed by atoms with Crippen molar-refractivity contribution in [2.45, 2.75) is 19.0 Å². The Morgan fingerprint density at radius 1 is 0.615 bits per heavy atom. The maximum Gasteiger partial charge on any atom is 0.225 e. The number of amidine groups is 1. The Kier molecular flexibility index (Phi) is 7.17. The maximum atomic E-state index is 13.5. The number of rotatable bonds is 6. The van der Waals surface area contributed by atoms with E-state index in [0.29, 0.717) is 0 Å². The predicted octanol–water partition coefficient (Wildman–Crippen LogP) is 6.54. The molecule has 1 aliphatic heterocycles. The second kappa shape index (κ2) is 11.2. The lowest BCUT2D eigenvalue weighted by molar-refractivity contribution is -0.126. The van der Waals surface area contributed by atoms with Crippen LogP contribution in [0.3, 0.4) is 0 Å². The van der Waals surface area contributed by atoms with Gasteiger partial charge in [-0.15, -0.1) is 0 Å². The largest absolute Gasteiger partial charge is 0.287 e. The summed E-state index contributed by atoms with van der Waals surface area (Å²) in [7, 11) is -0.877. The molecule has 0 aliphatic carbocycles. The van der Waals surface area contributed by atoms with Crippen LogP contribution in [0.2, 0.25) is 0 Å². The van der Waals surface area contributed by atoms with Crippen molar-refractivity contribution < 1.29 is 4.79 Å². The molecule has 0 spiro atoms. The van der Waals surface area contributed by atoms with Crippen molar-refractivity contribution in [1.82, 2.24) is 4.90 Å². The van der Waals surface area contributed by atoms with Crippen LogP contribution in [0.15, 0.2) is 151 Å². The fourth-order valence-corrected chi connectivity index (χ4v) is 7.86. The predicted molar refractivity (Wildman–Crippen MR) is 163 cm³/mol. The second-order valence-corrected chi connectivity index (χ2v) is 11.8. The van der Waals surface area contributed by atoms with E-state index < -0.39 is 7.92 Å². The zero-order chi connectivity index (χ0) is 26.6. The molecular formula is C35H29N2OP. The lowest BCUT2D eigenvalue weighted by atomic mass is 9.93. The summed E-state index contributed by atoms with van der Waals surface area (Å²) in [5, 5.41) is 3.71. The molecule has 4 heteroatoms. The molecule has 5 aromatic rings. The standard InChI is InChI=1S/C35H29N2OP/c1-26(38)37-34(28-18-8-3-9-19-28)33(27-16-6-2-7-17-27)36-35(37)31-24-14-15-25-32(31)39(29-20-10-4-11-21-29)30-22-12-5-13-23-30/h2-25,33-34H,1H3/t33-,34-/m0/s1. The zero-order valence-electron chi connectivity index (χ0n) is 21.8. The SMILES string of the molecule is CC(=O)N1C(c2ccccc2P(c2ccccc2)c2ccccc2)=N[C@@H](c2ccccc2)[C@@H]1c1ccccc1. The first-order valence-corrected chi connectivity index (χ1v) is 14.5. The summed E-state index contributed by atoms with van der Waals surface area (Å²) in [4.78, 5) is 20.7. The number of amides is 1. The first-order valence-electron chi connectivity index (χ1n) is 13.2. The van der Waals surface area contributed by atoms with Gasteiger partial charge in [-0.2, -0.15) is 0 Å². The normalized spacial score (nSPS) is 16.8. The van der Waals surface area contributed by atoms with Crippen LogP contribution in [-0.2, 0) is 4.79 Å². The fraction of sp³-hybridized carbons (Fsp3) is 0.0857. The molecule has 0 bridgehead atoms. The Morgan fingerprint density at radius 2 is 1.08 bits per heavy atom. The maximum absolute atomic E-state index is 13.5. The summed E-state index contributed by atoms with van der Waals surface area (Å²) < 4.78 is 0. The first kappa shape index (κ1) is 25.0. The number of carbonyl (C=O) groups is 1. The minimum atomic E-state index is -0.877. The average molecular weight is 525 g/mol. The van der Waals surface area contributed by atoms with Gasteiger partial charge in [-0.1, -0.05) is 146 Å². The Morgan fingerprint density at radius 3 is 1.62 bits per heavy atom. The van der Waals surface area contributed by atoms with E-state index in [9.17, 15) is 4.79 Å². The molecule has 0 N–H and O–H groups in total. The highest BCUT2D eigenvalue weighted by Gasteiger charge is 2.41. The smallest absolute Gasteiger partial charge is 0.225 e. The third-order valence-electron chi connectivity index (χ3n) is 7.10. The molecule has 3 nitrogen and oxygen atoms in total. The van der Waals surface area contributed by atoms with E-state index in [4.69, 9.17) is 4.99 Å². The monoisotopic (exact) mass is 524 g/mol. The molecule has 0 radical (unpaired) electrons. The molecule has 0 saturated heterocycles. The highest BCUT2D eigenvalue weighted by Crippen LogP contribution is 2.44. The van der Waals surface area contributed by atoms with Crippen LogP contribution in [0.4, 0.5) is 0 Å². The van der Waals surface area contributed by atoms with Crippen molar-refractivity contribution in [3.05, 3.63) is 162 Å². The molecule has 1 amide bonds. The Labute approximate surface area is 231 Å². The summed E-state index contributed by atoms with van der Waals surface area (Å²) in [6.07, 6.45) is 0. The quantitative estimate of drug-likeness (QED) is 0.232. The first-order chi connectivity index (χ1) is 19.2. The van der Waals surface area contributed by atoms with E-state index in [-0.39, 0.29) is 18.0 Å². The topological polar surface area (TPSA) is 32.7 Å². The molecule has 0 unspecified atom stereocenters. The van der Waals surface area contributed by atoms with Crippen LogP contribution < -0.4 is 15.9 Å². The number of nitrogens with zero attached hydrogens (tertiary/aromatic N) is 2. The van der Waals surface area contributed by atoms with Gasteiger partial charge in [0.25, 0.3) is 0 Å². The van der Waals surface area contributed by atoms with E-state index in [0.717, 1.165) is 22.5 Å². The lowest BCUT2D eigenvalue weighted by Gasteiger charge is -2.30. The van der Waals surface area contributed by atoms with Gasteiger partial charge < -0.3 is 0 Å². The van der Waals surface area contributed by atoms with Crippen molar-refractivity contribution in [3.63, 3.8) is 0 Å². The van der Waals surface area contributed by atoms with Crippen LogP contribution in [0.5, 0.6) is 0 Å². The number of hydrogen-bond donors (Lipinski definition) is 0. The summed E-state index contributed by atoms with van der Waals surface area (Å²) in [5.41, 5.74) is 3.18. The van der Waals surface area contributed by atoms with Gasteiger partial charge in [-0.3, -0.25) is 14.7 Å². The van der Waals surface area contributed by atoms with Gasteiger partial charge in [0.1, 0.15) is 11.9 Å². The highest BCUT2D eigenvalue weighted by molar-refractivity contribution is 7.80. The van der Waals surface area contributed by atoms with Crippen molar-refractivity contribution in [3.8, 4) is 0 Å². The molecule has 0 aromatic heterocycles. The van der Waals surface area contributed by atoms with Crippen molar-refractivity contribution in [2.75, 3.05) is 0 Å². The Bertz CT molecular complexity index is 1550. The third-order valence-corrected chi connectivity index (χ3v) is 9.60. The summed E-state index contributed by atoms with van der Waals surface area (Å²) >= 11 is 0. The van der Waals surface area contributed by atoms with Crippen LogP contribution in [-0.4, -0.2) is 16.6 Å². The molecule has 0 saturated carbocycles. The number of aliphatic imine (C=N–C) groups is 1. The van der Waals surface area contributed by atoms with E-state index in [1.165, 1.54) is 15.9 Å². The second-order valence-electron chi connectivity index (χ2n) is 9.58. The molecule has 1 heterocycles. The van der Waals surface area contributed by atoms with Gasteiger partial charge >= 0.3 is 0 Å². The lowest BCUT2D eigenvalue weighted by Crippen LogP contribution is -2.38. The van der Waals surface area contributed by atoms with Crippen molar-refractivity contribution in [1.29, 1.82) is 0 Å². The van der Waals surface area contributed by atoms with Crippen LogP contribution in [0, 0.1) is 0 Å². The Hall–Kier alpha value is -4.33. The van der Waals surface area contributed by atoms with Crippen molar-refractivity contribution in [2.24, 2.45) is 4.99 Å². The Balaban J connectivity index is 1.56. The van der Waals surface area contributed by atoms with E-state index in [1.807, 2.05) is 41.3 Å². The molecule has 190 valence electrons. The summed E-state index contributed by atoms with van der Waals surface area (Å²) in [6.45, 7) is 1.65. The van der Waals surface area contributed by atoms with Crippen LogP contribution in [0.25, 0.3) is 0 Å². The van der Waals surface area contributed by atoms with Crippen molar-refractivity contribution >= 4 is 35.6 Å². The van der Waals surface area contributed by atoms with E-state index >= 15 is 0 Å². The van der Waals surface area contributed by atoms with E-state index in [1.54, 1.807) is 6.92 Å². The number of carbonyl (C=O) groups excluding carboxylic acids is 1. The van der Waals surface area contributed by atoms with E-state index in [2.05, 4.69) is 109 Å². The van der Waals surface area contributed by atoms with Gasteiger partial charge in [0.05, 0.1) is 6.04 Å². The van der Waals surface area contributed by atoms with Gasteiger partial charge in [0, 0.05) is 12.5 Å². The minimum absolute atomic E-state index is 0.0143. The third kappa shape index (κ3) is 4.94. The molecule has 5 aromatic carbocycles. The van der Waals surface area contributed by atoms with Gasteiger partial charge in [0.15, 0.2) is 0 Å². The summed E-state index contributed by atoms with van der Waals surface area (Å²) in [5.74, 6) is 0.722. The number of hydrogen-bond acceptors (Lipinski definition) is 2. The van der Waals surface area contributed by atoms with Gasteiger partial charge in [-0.05, 0) is 35.0 Å². The number of benzene rings is 5. The summed E-state index contributed by atoms with van der Waals surface area (Å²) in [6, 6.07) is 50.0. The molecular weight excluding hydrogens is 495 g/mol. The molecule has 6 rings (SSSR count). The average Bonchev–Trinajstić information content (AvgIpc) is 3.41. The molecule has 0 fully saturated rings. The fourth-order valence-electron chi connectivity index (χ4n) is 5.41. The van der Waals surface area contributed by atoms with Gasteiger partial charge in [-0.25, -0.2) is 0 Å². The molecule has 39 heavy (non-hydrogen) atoms. The highest BCUT2D eigenvalue weighted by atomic mass is 31.1. The van der Waals surface area contributed by atoms with Gasteiger partial charge in [0.2, 0.25) is 5.91 Å². The minimum Gasteiger partial charge on any atom is -0.287 e. The molecule has 1 aliphatic rings. The zero-order valence-corrected chi connectivity index (χ0v) is 22.7. The van der Waals surface area contributed by atoms with Crippen LogP contribution in [0.1, 0.15) is 35.7 Å².